The normalized spacial score (nSPS) is 35.2. The van der Waals surface area contributed by atoms with E-state index in [4.69, 9.17) is 18.9 Å². The molecule has 2 rings (SSSR count). The summed E-state index contributed by atoms with van der Waals surface area (Å²) in [5.74, 6) is -0.758. The molecule has 5 atom stereocenters. The van der Waals surface area contributed by atoms with Gasteiger partial charge in [-0.25, -0.2) is 0 Å². The number of carbonyl (C=O) groups is 3. The van der Waals surface area contributed by atoms with E-state index in [-0.39, 0.29) is 5.25 Å². The molecule has 0 aromatic rings. The van der Waals surface area contributed by atoms with Gasteiger partial charge in [-0.1, -0.05) is 0 Å². The third kappa shape index (κ3) is 3.63. The van der Waals surface area contributed by atoms with Crippen LogP contribution in [-0.4, -0.2) is 53.5 Å². The first-order valence-electron chi connectivity index (χ1n) is 6.17. The Kier molecular flexibility index (Phi) is 4.54. The summed E-state index contributed by atoms with van der Waals surface area (Å²) in [6.07, 6.45) is -3.20. The monoisotopic (exact) mass is 304 g/mol. The Morgan fingerprint density at radius 1 is 0.950 bits per heavy atom. The number of thioether (sulfide) groups is 1. The highest BCUT2D eigenvalue weighted by molar-refractivity contribution is 8.06. The van der Waals surface area contributed by atoms with Crippen LogP contribution in [0.15, 0.2) is 0 Å². The standard InChI is InChI=1S/C12H16O7S/c1-5(13)16-10-9(8-4-20-8)19-12(18-7(3)15)11(10)17-6(2)14/h8-12H,4H2,1-3H3/t8-,9-,10-,11+,12+/m0/s1. The Morgan fingerprint density at radius 2 is 1.45 bits per heavy atom. The van der Waals surface area contributed by atoms with E-state index in [1.807, 2.05) is 0 Å². The van der Waals surface area contributed by atoms with E-state index < -0.39 is 42.5 Å². The van der Waals surface area contributed by atoms with E-state index in [9.17, 15) is 14.4 Å². The average molecular weight is 304 g/mol. The molecule has 0 spiro atoms. The van der Waals surface area contributed by atoms with Crippen LogP contribution in [0.1, 0.15) is 20.8 Å². The van der Waals surface area contributed by atoms with E-state index in [0.717, 1.165) is 5.75 Å². The number of hydrogen-bond acceptors (Lipinski definition) is 8. The van der Waals surface area contributed by atoms with Crippen LogP contribution in [0, 0.1) is 0 Å². The first-order valence-corrected chi connectivity index (χ1v) is 7.22. The Hall–Kier alpha value is -1.28. The number of rotatable bonds is 4. The molecular formula is C12H16O7S. The second-order valence-corrected chi connectivity index (χ2v) is 5.87. The molecule has 0 aliphatic carbocycles. The molecule has 112 valence electrons. The van der Waals surface area contributed by atoms with Crippen LogP contribution in [0.4, 0.5) is 0 Å². The second kappa shape index (κ2) is 6.01. The van der Waals surface area contributed by atoms with Crippen LogP contribution in [-0.2, 0) is 33.3 Å². The molecule has 0 unspecified atom stereocenters. The van der Waals surface area contributed by atoms with Gasteiger partial charge in [-0.2, -0.15) is 11.8 Å². The number of carbonyl (C=O) groups excluding carboxylic acids is 3. The van der Waals surface area contributed by atoms with Gasteiger partial charge in [0.05, 0.1) is 0 Å². The van der Waals surface area contributed by atoms with Gasteiger partial charge in [0, 0.05) is 31.8 Å². The largest absolute Gasteiger partial charge is 0.455 e. The second-order valence-electron chi connectivity index (χ2n) is 4.60. The van der Waals surface area contributed by atoms with Gasteiger partial charge in [0.1, 0.15) is 6.10 Å². The van der Waals surface area contributed by atoms with Gasteiger partial charge < -0.3 is 18.9 Å². The maximum absolute atomic E-state index is 11.2. The molecule has 0 aromatic carbocycles. The minimum Gasteiger partial charge on any atom is -0.455 e. The van der Waals surface area contributed by atoms with Crippen molar-refractivity contribution in [2.45, 2.75) is 50.6 Å². The van der Waals surface area contributed by atoms with Gasteiger partial charge >= 0.3 is 17.9 Å². The molecule has 0 aromatic heterocycles. The van der Waals surface area contributed by atoms with E-state index in [1.165, 1.54) is 20.8 Å². The zero-order valence-corrected chi connectivity index (χ0v) is 12.2. The van der Waals surface area contributed by atoms with Crippen molar-refractivity contribution >= 4 is 29.7 Å². The molecule has 2 aliphatic rings. The third-order valence-electron chi connectivity index (χ3n) is 2.82. The molecule has 2 aliphatic heterocycles. The lowest BCUT2D eigenvalue weighted by Crippen LogP contribution is -2.42. The summed E-state index contributed by atoms with van der Waals surface area (Å²) >= 11 is 1.64. The SMILES string of the molecule is CC(=O)O[C@@H]1O[C@@H]([C@@H]2CS2)[C@H](OC(C)=O)[C@H]1OC(C)=O. The summed E-state index contributed by atoms with van der Waals surface area (Å²) < 4.78 is 20.9. The molecule has 7 nitrogen and oxygen atoms in total. The van der Waals surface area contributed by atoms with E-state index in [0.29, 0.717) is 0 Å². The summed E-state index contributed by atoms with van der Waals surface area (Å²) in [5.41, 5.74) is 0. The molecule has 0 amide bonds. The highest BCUT2D eigenvalue weighted by Gasteiger charge is 2.56. The third-order valence-corrected chi connectivity index (χ3v) is 3.81. The summed E-state index contributed by atoms with van der Waals surface area (Å²) in [6, 6.07) is 0. The molecule has 2 fully saturated rings. The summed E-state index contributed by atoms with van der Waals surface area (Å²) in [6.45, 7) is 3.73. The number of ether oxygens (including phenoxy) is 4. The Bertz CT molecular complexity index is 420. The fourth-order valence-electron chi connectivity index (χ4n) is 2.09. The number of esters is 3. The van der Waals surface area contributed by atoms with Crippen molar-refractivity contribution in [3.8, 4) is 0 Å². The minimum absolute atomic E-state index is 0.151. The first kappa shape index (κ1) is 15.1. The fourth-order valence-corrected chi connectivity index (χ4v) is 2.80. The van der Waals surface area contributed by atoms with E-state index in [2.05, 4.69) is 0 Å². The topological polar surface area (TPSA) is 88.1 Å². The zero-order chi connectivity index (χ0) is 14.9. The molecule has 0 radical (unpaired) electrons. The lowest BCUT2D eigenvalue weighted by atomic mass is 10.1. The van der Waals surface area contributed by atoms with Crippen LogP contribution in [0.25, 0.3) is 0 Å². The summed E-state index contributed by atoms with van der Waals surface area (Å²) in [5, 5.41) is 0.151. The lowest BCUT2D eigenvalue weighted by molar-refractivity contribution is -0.195. The molecule has 2 saturated heterocycles. The predicted octanol–water partition coefficient (Wildman–Crippen LogP) is 0.253. The molecule has 0 N–H and O–H groups in total. The minimum atomic E-state index is -1.05. The highest BCUT2D eigenvalue weighted by Crippen LogP contribution is 2.42. The van der Waals surface area contributed by atoms with Gasteiger partial charge in [0.15, 0.2) is 6.10 Å². The summed E-state index contributed by atoms with van der Waals surface area (Å²) in [7, 11) is 0. The number of hydrogen-bond donors (Lipinski definition) is 0. The maximum Gasteiger partial charge on any atom is 0.305 e. The fraction of sp³-hybridized carbons (Fsp3) is 0.750. The van der Waals surface area contributed by atoms with Crippen molar-refractivity contribution in [2.24, 2.45) is 0 Å². The van der Waals surface area contributed by atoms with Gasteiger partial charge in [0.2, 0.25) is 12.4 Å². The zero-order valence-electron chi connectivity index (χ0n) is 11.4. The predicted molar refractivity (Wildman–Crippen MR) is 67.8 cm³/mol. The van der Waals surface area contributed by atoms with E-state index >= 15 is 0 Å². The summed E-state index contributed by atoms with van der Waals surface area (Å²) in [4.78, 5) is 33.5. The van der Waals surface area contributed by atoms with Crippen molar-refractivity contribution in [3.05, 3.63) is 0 Å². The molecule has 20 heavy (non-hydrogen) atoms. The van der Waals surface area contributed by atoms with E-state index in [1.54, 1.807) is 11.8 Å². The van der Waals surface area contributed by atoms with Crippen LogP contribution >= 0.6 is 11.8 Å². The van der Waals surface area contributed by atoms with Crippen molar-refractivity contribution in [2.75, 3.05) is 5.75 Å². The van der Waals surface area contributed by atoms with Gasteiger partial charge in [-0.3, -0.25) is 14.4 Å². The first-order chi connectivity index (χ1) is 9.38. The van der Waals surface area contributed by atoms with Crippen LogP contribution < -0.4 is 0 Å². The van der Waals surface area contributed by atoms with Crippen molar-refractivity contribution in [1.82, 2.24) is 0 Å². The average Bonchev–Trinajstić information content (AvgIpc) is 3.08. The van der Waals surface area contributed by atoms with Gasteiger partial charge in [0.25, 0.3) is 0 Å². The molecule has 0 saturated carbocycles. The van der Waals surface area contributed by atoms with Crippen LogP contribution in [0.2, 0.25) is 0 Å². The van der Waals surface area contributed by atoms with Gasteiger partial charge in [-0.15, -0.1) is 0 Å². The van der Waals surface area contributed by atoms with Crippen molar-refractivity contribution in [3.63, 3.8) is 0 Å². The highest BCUT2D eigenvalue weighted by atomic mass is 32.2. The molecule has 0 bridgehead atoms. The molecule has 2 heterocycles. The quantitative estimate of drug-likeness (QED) is 0.415. The van der Waals surface area contributed by atoms with Crippen molar-refractivity contribution < 1.29 is 33.3 Å². The smallest absolute Gasteiger partial charge is 0.305 e. The Labute approximate surface area is 120 Å². The molecular weight excluding hydrogens is 288 g/mol. The lowest BCUT2D eigenvalue weighted by Gasteiger charge is -2.22. The Morgan fingerprint density at radius 3 is 1.90 bits per heavy atom. The van der Waals surface area contributed by atoms with Gasteiger partial charge in [-0.05, 0) is 0 Å². The van der Waals surface area contributed by atoms with Crippen molar-refractivity contribution in [1.29, 1.82) is 0 Å². The van der Waals surface area contributed by atoms with Crippen LogP contribution in [0.5, 0.6) is 0 Å². The maximum atomic E-state index is 11.2. The Balaban J connectivity index is 2.17. The molecule has 8 heteroatoms. The van der Waals surface area contributed by atoms with Crippen LogP contribution in [0.3, 0.4) is 0 Å².